The minimum Gasteiger partial charge on any atom is -0.462 e. The number of ether oxygens (including phenoxy) is 2. The number of nitrogens with two attached hydrogens (primary N) is 2. The van der Waals surface area contributed by atoms with Crippen LogP contribution in [0.25, 0.3) is 16.6 Å². The molecule has 1 aliphatic rings. The summed E-state index contributed by atoms with van der Waals surface area (Å²) in [6, 6.07) is 3.48. The van der Waals surface area contributed by atoms with E-state index in [1.165, 1.54) is 23.8 Å². The third-order valence-electron chi connectivity index (χ3n) is 6.26. The van der Waals surface area contributed by atoms with E-state index in [0.29, 0.717) is 18.6 Å². The van der Waals surface area contributed by atoms with E-state index in [9.17, 15) is 18.8 Å². The van der Waals surface area contributed by atoms with Crippen LogP contribution >= 0.6 is 0 Å². The second-order valence-corrected chi connectivity index (χ2v) is 9.48. The molecule has 0 spiro atoms. The number of nitrogen functional groups attached to an aromatic ring is 1. The molecule has 0 radical (unpaired) electrons. The Morgan fingerprint density at radius 1 is 1.16 bits per heavy atom. The maximum absolute atomic E-state index is 15.4. The van der Waals surface area contributed by atoms with Gasteiger partial charge in [-0.1, -0.05) is 0 Å². The van der Waals surface area contributed by atoms with E-state index in [1.807, 2.05) is 6.92 Å². The zero-order valence-electron chi connectivity index (χ0n) is 21.0. The third-order valence-corrected chi connectivity index (χ3v) is 6.26. The van der Waals surface area contributed by atoms with Crippen LogP contribution in [0.15, 0.2) is 29.2 Å². The van der Waals surface area contributed by atoms with Gasteiger partial charge in [-0.3, -0.25) is 9.59 Å². The van der Waals surface area contributed by atoms with E-state index in [2.05, 4.69) is 0 Å². The van der Waals surface area contributed by atoms with Gasteiger partial charge < -0.3 is 30.4 Å². The Morgan fingerprint density at radius 2 is 1.84 bits per heavy atom. The van der Waals surface area contributed by atoms with Crippen LogP contribution in [0, 0.1) is 11.6 Å². The topological polar surface area (TPSA) is 130 Å². The minimum atomic E-state index is -0.899. The van der Waals surface area contributed by atoms with Crippen LogP contribution in [0.1, 0.15) is 36.7 Å². The number of esters is 2. The van der Waals surface area contributed by atoms with Gasteiger partial charge in [-0.15, -0.1) is 0 Å². The van der Waals surface area contributed by atoms with Crippen molar-refractivity contribution in [2.24, 2.45) is 5.73 Å². The summed E-state index contributed by atoms with van der Waals surface area (Å²) < 4.78 is 41.5. The molecule has 12 heteroatoms. The molecular weight excluding hydrogens is 485 g/mol. The van der Waals surface area contributed by atoms with Crippen LogP contribution in [0.5, 0.6) is 0 Å². The van der Waals surface area contributed by atoms with Gasteiger partial charge in [0.25, 0.3) is 0 Å². The minimum absolute atomic E-state index is 0.0106. The molecule has 3 aromatic rings. The van der Waals surface area contributed by atoms with E-state index in [4.69, 9.17) is 20.9 Å². The summed E-state index contributed by atoms with van der Waals surface area (Å²) in [5.74, 6) is -2.89. The van der Waals surface area contributed by atoms with Gasteiger partial charge in [0.2, 0.25) is 5.43 Å². The zero-order chi connectivity index (χ0) is 27.2. The molecule has 37 heavy (non-hydrogen) atoms. The standard InChI is InChI=1S/C25H27BF2N4O5/c1-4-36-24(35)15-8-32(19-7-18(29)16(27)5-13(19)9-37-12(2)33)21-14(23(15)34)6-17(28)22(20(21)26)31-10-25(3,30)11-31/h5-8H,4,9-11,26,29-30H2,1-3H3. The first-order valence-corrected chi connectivity index (χ1v) is 11.7. The first kappa shape index (κ1) is 26.1. The van der Waals surface area contributed by atoms with E-state index in [0.717, 1.165) is 12.1 Å². The van der Waals surface area contributed by atoms with Gasteiger partial charge in [0.15, 0.2) is 0 Å². The van der Waals surface area contributed by atoms with Crippen LogP contribution in [0.4, 0.5) is 20.2 Å². The van der Waals surface area contributed by atoms with Gasteiger partial charge in [0.1, 0.15) is 31.7 Å². The van der Waals surface area contributed by atoms with Crippen molar-refractivity contribution >= 4 is 47.5 Å². The van der Waals surface area contributed by atoms with Gasteiger partial charge in [0, 0.05) is 42.7 Å². The van der Waals surface area contributed by atoms with Crippen molar-refractivity contribution < 1.29 is 27.8 Å². The van der Waals surface area contributed by atoms with Crippen LogP contribution in [-0.4, -0.2) is 49.6 Å². The molecule has 1 saturated heterocycles. The highest BCUT2D eigenvalue weighted by Gasteiger charge is 2.37. The molecular formula is C25H27BF2N4O5. The average Bonchev–Trinajstić information content (AvgIpc) is 2.79. The predicted molar refractivity (Wildman–Crippen MR) is 138 cm³/mol. The molecule has 0 saturated carbocycles. The largest absolute Gasteiger partial charge is 0.462 e. The Hall–Kier alpha value is -3.93. The number of hydrogen-bond acceptors (Lipinski definition) is 8. The summed E-state index contributed by atoms with van der Waals surface area (Å²) in [4.78, 5) is 39.3. The summed E-state index contributed by atoms with van der Waals surface area (Å²) in [7, 11) is 1.64. The first-order chi connectivity index (χ1) is 17.3. The van der Waals surface area contributed by atoms with Gasteiger partial charge in [0.05, 0.1) is 29.2 Å². The number of carbonyl (C=O) groups excluding carboxylic acids is 2. The Balaban J connectivity index is 2.08. The summed E-state index contributed by atoms with van der Waals surface area (Å²) in [5.41, 5.74) is 11.6. The molecule has 1 fully saturated rings. The van der Waals surface area contributed by atoms with Crippen molar-refractivity contribution in [2.45, 2.75) is 32.9 Å². The summed E-state index contributed by atoms with van der Waals surface area (Å²) in [6.45, 7) is 5.13. The van der Waals surface area contributed by atoms with Crippen LogP contribution in [0.2, 0.25) is 0 Å². The molecule has 4 N–H and O–H groups in total. The number of hydrogen-bond donors (Lipinski definition) is 2. The van der Waals surface area contributed by atoms with Crippen LogP contribution < -0.4 is 27.3 Å². The lowest BCUT2D eigenvalue weighted by atomic mass is 9.85. The number of benzene rings is 2. The molecule has 1 aliphatic heterocycles. The second-order valence-electron chi connectivity index (χ2n) is 9.48. The number of aromatic nitrogens is 1. The van der Waals surface area contributed by atoms with Gasteiger partial charge in [-0.2, -0.15) is 0 Å². The molecule has 194 valence electrons. The van der Waals surface area contributed by atoms with E-state index < -0.39 is 34.5 Å². The Kier molecular flexibility index (Phi) is 6.72. The van der Waals surface area contributed by atoms with Crippen molar-refractivity contribution in [3.8, 4) is 5.69 Å². The summed E-state index contributed by atoms with van der Waals surface area (Å²) in [5, 5.41) is -0.0818. The summed E-state index contributed by atoms with van der Waals surface area (Å²) in [6.07, 6.45) is 1.25. The van der Waals surface area contributed by atoms with E-state index >= 15 is 4.39 Å². The lowest BCUT2D eigenvalue weighted by Crippen LogP contribution is -2.66. The van der Waals surface area contributed by atoms with Crippen LogP contribution in [-0.2, 0) is 20.9 Å². The highest BCUT2D eigenvalue weighted by molar-refractivity contribution is 6.42. The first-order valence-electron chi connectivity index (χ1n) is 11.7. The molecule has 4 rings (SSSR count). The monoisotopic (exact) mass is 512 g/mol. The third kappa shape index (κ3) is 4.76. The smallest absolute Gasteiger partial charge is 0.343 e. The zero-order valence-corrected chi connectivity index (χ0v) is 21.0. The average molecular weight is 512 g/mol. The number of halogens is 2. The number of rotatable bonds is 6. The van der Waals surface area contributed by atoms with Gasteiger partial charge >= 0.3 is 11.9 Å². The number of carbonyl (C=O) groups is 2. The number of nitrogens with zero attached hydrogens (tertiary/aromatic N) is 2. The Labute approximate surface area is 212 Å². The lowest BCUT2D eigenvalue weighted by Gasteiger charge is -2.47. The second kappa shape index (κ2) is 9.51. The Bertz CT molecular complexity index is 1500. The predicted octanol–water partition coefficient (Wildman–Crippen LogP) is 0.887. The highest BCUT2D eigenvalue weighted by Crippen LogP contribution is 2.31. The molecule has 0 amide bonds. The molecule has 2 heterocycles. The Morgan fingerprint density at radius 3 is 2.43 bits per heavy atom. The maximum atomic E-state index is 15.4. The summed E-state index contributed by atoms with van der Waals surface area (Å²) >= 11 is 0. The quantitative estimate of drug-likeness (QED) is 0.283. The fourth-order valence-corrected chi connectivity index (χ4v) is 4.69. The lowest BCUT2D eigenvalue weighted by molar-refractivity contribution is -0.142. The van der Waals surface area contributed by atoms with Crippen LogP contribution in [0.3, 0.4) is 0 Å². The van der Waals surface area contributed by atoms with E-state index in [1.54, 1.807) is 19.7 Å². The highest BCUT2D eigenvalue weighted by atomic mass is 19.1. The molecule has 9 nitrogen and oxygen atoms in total. The molecule has 0 aliphatic carbocycles. The molecule has 0 unspecified atom stereocenters. The number of pyridine rings is 1. The maximum Gasteiger partial charge on any atom is 0.343 e. The van der Waals surface area contributed by atoms with Crippen molar-refractivity contribution in [3.05, 3.63) is 57.4 Å². The normalized spacial score (nSPS) is 14.4. The van der Waals surface area contributed by atoms with E-state index in [-0.39, 0.29) is 52.3 Å². The van der Waals surface area contributed by atoms with Gasteiger partial charge in [-0.05, 0) is 37.5 Å². The molecule has 0 bridgehead atoms. The SMILES string of the molecule is Bc1c(N2CC(C)(N)C2)c(F)cc2c(=O)c(C(=O)OCC)cn(-c3cc(N)c(F)cc3COC(C)=O)c12. The van der Waals surface area contributed by atoms with Crippen molar-refractivity contribution in [1.29, 1.82) is 0 Å². The van der Waals surface area contributed by atoms with Crippen molar-refractivity contribution in [1.82, 2.24) is 4.57 Å². The van der Waals surface area contributed by atoms with Crippen molar-refractivity contribution in [2.75, 3.05) is 30.3 Å². The van der Waals surface area contributed by atoms with Gasteiger partial charge in [-0.25, -0.2) is 13.6 Å². The fraction of sp³-hybridized carbons (Fsp3) is 0.320. The van der Waals surface area contributed by atoms with Crippen molar-refractivity contribution in [3.63, 3.8) is 0 Å². The number of anilines is 2. The fourth-order valence-electron chi connectivity index (χ4n) is 4.69. The molecule has 0 atom stereocenters. The molecule has 2 aromatic carbocycles. The molecule has 1 aromatic heterocycles. The number of fused-ring (bicyclic) bond motifs is 1.